The van der Waals surface area contributed by atoms with Gasteiger partial charge >= 0.3 is 0 Å². The topological polar surface area (TPSA) is 87.2 Å². The average Bonchev–Trinajstić information content (AvgIpc) is 3.13. The van der Waals surface area contributed by atoms with Gasteiger partial charge in [-0.2, -0.15) is 0 Å². The summed E-state index contributed by atoms with van der Waals surface area (Å²) >= 11 is 0. The van der Waals surface area contributed by atoms with Crippen LogP contribution in [0.4, 0.5) is 16.0 Å². The van der Waals surface area contributed by atoms with Crippen LogP contribution in [0.25, 0.3) is 0 Å². The Morgan fingerprint density at radius 3 is 2.69 bits per heavy atom. The number of aromatic nitrogens is 2. The maximum Gasteiger partial charge on any atom is 0.215 e. The van der Waals surface area contributed by atoms with E-state index in [1.807, 2.05) is 6.07 Å². The molecule has 0 aliphatic carbocycles. The quantitative estimate of drug-likeness (QED) is 0.680. The average molecular weight is 379 g/mol. The van der Waals surface area contributed by atoms with Crippen LogP contribution in [0.15, 0.2) is 36.7 Å². The lowest BCUT2D eigenvalue weighted by Crippen LogP contribution is -2.30. The van der Waals surface area contributed by atoms with Crippen LogP contribution in [0.2, 0.25) is 0 Å². The molecule has 3 rings (SSSR count). The number of halogens is 1. The van der Waals surface area contributed by atoms with Crippen molar-refractivity contribution in [2.45, 2.75) is 18.6 Å². The van der Waals surface area contributed by atoms with Gasteiger partial charge in [0.05, 0.1) is 5.75 Å². The van der Waals surface area contributed by atoms with E-state index in [4.69, 9.17) is 0 Å². The van der Waals surface area contributed by atoms with Crippen LogP contribution in [-0.4, -0.2) is 44.6 Å². The molecule has 2 N–H and O–H groups in total. The van der Waals surface area contributed by atoms with Crippen LogP contribution in [-0.2, 0) is 15.8 Å². The van der Waals surface area contributed by atoms with Crippen molar-refractivity contribution in [2.75, 3.05) is 36.4 Å². The Morgan fingerprint density at radius 2 is 1.92 bits per heavy atom. The van der Waals surface area contributed by atoms with Gasteiger partial charge in [0.2, 0.25) is 10.0 Å². The fourth-order valence-electron chi connectivity index (χ4n) is 2.86. The first kappa shape index (κ1) is 18.5. The highest BCUT2D eigenvalue weighted by Crippen LogP contribution is 2.19. The molecule has 2 aromatic rings. The van der Waals surface area contributed by atoms with Gasteiger partial charge in [0.1, 0.15) is 23.8 Å². The van der Waals surface area contributed by atoms with E-state index in [0.717, 1.165) is 18.9 Å². The second kappa shape index (κ2) is 8.41. The zero-order valence-electron chi connectivity index (χ0n) is 14.4. The summed E-state index contributed by atoms with van der Waals surface area (Å²) in [5.74, 6) is 0.840. The summed E-state index contributed by atoms with van der Waals surface area (Å²) < 4.78 is 39.8. The predicted molar refractivity (Wildman–Crippen MR) is 99.0 cm³/mol. The number of sulfonamides is 1. The Kier molecular flexibility index (Phi) is 6.00. The van der Waals surface area contributed by atoms with Crippen molar-refractivity contribution in [3.05, 3.63) is 48.0 Å². The molecular formula is C17H22FN5O2S. The van der Waals surface area contributed by atoms with E-state index in [2.05, 4.69) is 24.9 Å². The van der Waals surface area contributed by atoms with Crippen molar-refractivity contribution in [1.82, 2.24) is 14.7 Å². The van der Waals surface area contributed by atoms with Crippen LogP contribution in [0.5, 0.6) is 0 Å². The summed E-state index contributed by atoms with van der Waals surface area (Å²) in [4.78, 5) is 10.6. The molecule has 1 aliphatic rings. The molecule has 1 fully saturated rings. The van der Waals surface area contributed by atoms with Crippen molar-refractivity contribution >= 4 is 21.7 Å². The van der Waals surface area contributed by atoms with Gasteiger partial charge in [0.15, 0.2) is 0 Å². The number of hydrogen-bond donors (Lipinski definition) is 2. The van der Waals surface area contributed by atoms with Crippen LogP contribution >= 0.6 is 0 Å². The van der Waals surface area contributed by atoms with E-state index in [0.29, 0.717) is 17.9 Å². The number of anilines is 2. The molecule has 0 unspecified atom stereocenters. The van der Waals surface area contributed by atoms with Crippen molar-refractivity contribution in [1.29, 1.82) is 0 Å². The molecule has 7 nitrogen and oxygen atoms in total. The SMILES string of the molecule is O=S(=O)(Cc1cccc(F)c1)NCCNc1cc(N2CCCC2)ncn1. The fraction of sp³-hybridized carbons (Fsp3) is 0.412. The van der Waals surface area contributed by atoms with Crippen LogP contribution in [0, 0.1) is 5.82 Å². The van der Waals surface area contributed by atoms with Crippen LogP contribution < -0.4 is 14.9 Å². The number of nitrogens with zero attached hydrogens (tertiary/aromatic N) is 3. The summed E-state index contributed by atoms with van der Waals surface area (Å²) in [5, 5.41) is 3.09. The Balaban J connectivity index is 1.46. The zero-order valence-corrected chi connectivity index (χ0v) is 15.2. The molecule has 0 spiro atoms. The van der Waals surface area contributed by atoms with Gasteiger partial charge in [-0.15, -0.1) is 0 Å². The van der Waals surface area contributed by atoms with Crippen LogP contribution in [0.3, 0.4) is 0 Å². The molecule has 0 saturated carbocycles. The molecule has 26 heavy (non-hydrogen) atoms. The van der Waals surface area contributed by atoms with E-state index >= 15 is 0 Å². The molecule has 0 amide bonds. The van der Waals surface area contributed by atoms with Crippen molar-refractivity contribution < 1.29 is 12.8 Å². The van der Waals surface area contributed by atoms with Gasteiger partial charge in [-0.1, -0.05) is 12.1 Å². The molecule has 2 heterocycles. The highest BCUT2D eigenvalue weighted by atomic mass is 32.2. The van der Waals surface area contributed by atoms with Gasteiger partial charge in [-0.05, 0) is 30.5 Å². The minimum atomic E-state index is -3.52. The Labute approximate surface area is 152 Å². The monoisotopic (exact) mass is 379 g/mol. The summed E-state index contributed by atoms with van der Waals surface area (Å²) in [7, 11) is -3.52. The van der Waals surface area contributed by atoms with E-state index < -0.39 is 15.8 Å². The standard InChI is InChI=1S/C17H22FN5O2S/c18-15-5-3-4-14(10-15)12-26(24,25)22-7-6-19-16-11-17(21-13-20-16)23-8-1-2-9-23/h3-5,10-11,13,22H,1-2,6-9,12H2,(H,19,20,21). The summed E-state index contributed by atoms with van der Waals surface area (Å²) in [5.41, 5.74) is 0.413. The van der Waals surface area contributed by atoms with Crippen molar-refractivity contribution in [3.63, 3.8) is 0 Å². The second-order valence-electron chi connectivity index (χ2n) is 6.17. The largest absolute Gasteiger partial charge is 0.369 e. The lowest BCUT2D eigenvalue weighted by Gasteiger charge is -2.16. The number of hydrogen-bond acceptors (Lipinski definition) is 6. The van der Waals surface area contributed by atoms with E-state index in [9.17, 15) is 12.8 Å². The summed E-state index contributed by atoms with van der Waals surface area (Å²) in [6.07, 6.45) is 3.84. The van der Waals surface area contributed by atoms with Gasteiger partial charge in [0, 0.05) is 32.2 Å². The zero-order chi connectivity index (χ0) is 18.4. The molecule has 0 atom stereocenters. The number of benzene rings is 1. The fourth-order valence-corrected chi connectivity index (χ4v) is 3.99. The normalized spacial score (nSPS) is 14.6. The van der Waals surface area contributed by atoms with Gasteiger partial charge in [0.25, 0.3) is 0 Å². The molecule has 1 saturated heterocycles. The number of nitrogens with one attached hydrogen (secondary N) is 2. The highest BCUT2D eigenvalue weighted by molar-refractivity contribution is 7.88. The Bertz CT molecular complexity index is 841. The third kappa shape index (κ3) is 5.37. The maximum absolute atomic E-state index is 13.1. The lowest BCUT2D eigenvalue weighted by atomic mass is 10.2. The minimum absolute atomic E-state index is 0.209. The van der Waals surface area contributed by atoms with Gasteiger partial charge < -0.3 is 10.2 Å². The lowest BCUT2D eigenvalue weighted by molar-refractivity contribution is 0.581. The molecule has 0 radical (unpaired) electrons. The first-order valence-corrected chi connectivity index (χ1v) is 10.2. The number of rotatable bonds is 8. The molecule has 1 aromatic carbocycles. The highest BCUT2D eigenvalue weighted by Gasteiger charge is 2.14. The smallest absolute Gasteiger partial charge is 0.215 e. The van der Waals surface area contributed by atoms with E-state index in [-0.39, 0.29) is 12.3 Å². The molecule has 140 valence electrons. The third-order valence-electron chi connectivity index (χ3n) is 4.08. The Hall–Kier alpha value is -2.26. The van der Waals surface area contributed by atoms with E-state index in [1.54, 1.807) is 6.07 Å². The predicted octanol–water partition coefficient (Wildman–Crippen LogP) is 1.75. The summed E-state index contributed by atoms with van der Waals surface area (Å²) in [6, 6.07) is 7.45. The van der Waals surface area contributed by atoms with E-state index in [1.165, 1.54) is 37.4 Å². The molecule has 9 heteroatoms. The maximum atomic E-state index is 13.1. The Morgan fingerprint density at radius 1 is 1.12 bits per heavy atom. The van der Waals surface area contributed by atoms with Crippen molar-refractivity contribution in [3.8, 4) is 0 Å². The minimum Gasteiger partial charge on any atom is -0.369 e. The first-order chi connectivity index (χ1) is 12.5. The van der Waals surface area contributed by atoms with Gasteiger partial charge in [-0.3, -0.25) is 0 Å². The van der Waals surface area contributed by atoms with Gasteiger partial charge in [-0.25, -0.2) is 27.5 Å². The molecule has 1 aromatic heterocycles. The summed E-state index contributed by atoms with van der Waals surface area (Å²) in [6.45, 7) is 2.59. The first-order valence-electron chi connectivity index (χ1n) is 8.54. The third-order valence-corrected chi connectivity index (χ3v) is 5.44. The van der Waals surface area contributed by atoms with Crippen LogP contribution in [0.1, 0.15) is 18.4 Å². The second-order valence-corrected chi connectivity index (χ2v) is 7.97. The van der Waals surface area contributed by atoms with Crippen molar-refractivity contribution in [2.24, 2.45) is 0 Å². The molecule has 1 aliphatic heterocycles. The molecular weight excluding hydrogens is 357 g/mol. The molecule has 0 bridgehead atoms.